The van der Waals surface area contributed by atoms with Crippen LogP contribution in [0.25, 0.3) is 0 Å². The Hall–Kier alpha value is -1.35. The Morgan fingerprint density at radius 1 is 1.25 bits per heavy atom. The molecule has 0 heterocycles. The molecule has 3 heteroatoms. The number of carbonyl (C=O) groups excluding carboxylic acids is 1. The Morgan fingerprint density at radius 3 is 2.40 bits per heavy atom. The van der Waals surface area contributed by atoms with E-state index in [9.17, 15) is 9.90 Å². The highest BCUT2D eigenvalue weighted by Gasteiger charge is 2.22. The van der Waals surface area contributed by atoms with E-state index in [0.29, 0.717) is 25.3 Å². The quantitative estimate of drug-likeness (QED) is 0.840. The van der Waals surface area contributed by atoms with Crippen LogP contribution in [0.4, 0.5) is 0 Å². The van der Waals surface area contributed by atoms with Crippen LogP contribution in [0, 0.1) is 11.3 Å². The van der Waals surface area contributed by atoms with Gasteiger partial charge in [-0.3, -0.25) is 4.79 Å². The summed E-state index contributed by atoms with van der Waals surface area (Å²) in [6, 6.07) is 9.81. The highest BCUT2D eigenvalue weighted by Crippen LogP contribution is 2.27. The second kappa shape index (κ2) is 7.44. The third kappa shape index (κ3) is 6.20. The Kier molecular flexibility index (Phi) is 6.21. The van der Waals surface area contributed by atoms with Crippen molar-refractivity contribution < 1.29 is 9.90 Å². The first-order valence-electron chi connectivity index (χ1n) is 7.27. The fourth-order valence-corrected chi connectivity index (χ4v) is 1.85. The number of aliphatic hydroxyl groups is 1. The van der Waals surface area contributed by atoms with Crippen molar-refractivity contribution in [2.45, 2.75) is 46.6 Å². The summed E-state index contributed by atoms with van der Waals surface area (Å²) >= 11 is 0. The van der Waals surface area contributed by atoms with Gasteiger partial charge in [0.15, 0.2) is 0 Å². The fraction of sp³-hybridized carbons (Fsp3) is 0.588. The van der Waals surface area contributed by atoms with Crippen molar-refractivity contribution in [3.05, 3.63) is 35.9 Å². The lowest BCUT2D eigenvalue weighted by Crippen LogP contribution is -2.35. The van der Waals surface area contributed by atoms with Crippen molar-refractivity contribution in [3.8, 4) is 0 Å². The number of rotatable bonds is 6. The summed E-state index contributed by atoms with van der Waals surface area (Å²) < 4.78 is 0. The Balaban J connectivity index is 2.30. The largest absolute Gasteiger partial charge is 0.391 e. The highest BCUT2D eigenvalue weighted by atomic mass is 16.3. The molecule has 3 nitrogen and oxygen atoms in total. The number of benzene rings is 1. The Morgan fingerprint density at radius 2 is 1.85 bits per heavy atom. The monoisotopic (exact) mass is 277 g/mol. The molecule has 20 heavy (non-hydrogen) atoms. The molecule has 0 aromatic heterocycles. The summed E-state index contributed by atoms with van der Waals surface area (Å²) in [5.41, 5.74) is 1.21. The molecule has 2 N–H and O–H groups in total. The van der Waals surface area contributed by atoms with Crippen LogP contribution < -0.4 is 5.32 Å². The number of carbonyl (C=O) groups is 1. The SMILES string of the molecule is CC(CC(=O)NCC(O)Cc1ccccc1)C(C)(C)C. The second-order valence-electron chi connectivity index (χ2n) is 6.62. The standard InChI is InChI=1S/C17H27NO2/c1-13(17(2,3)4)10-16(20)18-12-15(19)11-14-8-6-5-7-9-14/h5-9,13,15,19H,10-12H2,1-4H3,(H,18,20). The fourth-order valence-electron chi connectivity index (χ4n) is 1.85. The van der Waals surface area contributed by atoms with E-state index in [1.54, 1.807) is 0 Å². The zero-order valence-corrected chi connectivity index (χ0v) is 13.0. The highest BCUT2D eigenvalue weighted by molar-refractivity contribution is 5.76. The average Bonchev–Trinajstić information content (AvgIpc) is 2.36. The Labute approximate surface area is 122 Å². The molecule has 1 aromatic rings. The summed E-state index contributed by atoms with van der Waals surface area (Å²) in [6.07, 6.45) is 0.531. The van der Waals surface area contributed by atoms with E-state index in [-0.39, 0.29) is 11.3 Å². The van der Waals surface area contributed by atoms with Gasteiger partial charge < -0.3 is 10.4 Å². The molecule has 1 aromatic carbocycles. The molecule has 0 saturated carbocycles. The molecule has 1 amide bonds. The van der Waals surface area contributed by atoms with Gasteiger partial charge in [0.25, 0.3) is 0 Å². The van der Waals surface area contributed by atoms with E-state index in [0.717, 1.165) is 5.56 Å². The maximum absolute atomic E-state index is 11.8. The van der Waals surface area contributed by atoms with E-state index < -0.39 is 6.10 Å². The summed E-state index contributed by atoms with van der Waals surface area (Å²) in [7, 11) is 0. The van der Waals surface area contributed by atoms with Gasteiger partial charge in [-0.1, -0.05) is 58.0 Å². The van der Waals surface area contributed by atoms with Crippen LogP contribution >= 0.6 is 0 Å². The van der Waals surface area contributed by atoms with E-state index in [4.69, 9.17) is 0 Å². The van der Waals surface area contributed by atoms with Gasteiger partial charge in [-0.15, -0.1) is 0 Å². The molecule has 0 radical (unpaired) electrons. The van der Waals surface area contributed by atoms with Crippen molar-refractivity contribution in [2.75, 3.05) is 6.54 Å². The zero-order chi connectivity index (χ0) is 15.2. The topological polar surface area (TPSA) is 49.3 Å². The summed E-state index contributed by atoms with van der Waals surface area (Å²) in [4.78, 5) is 11.8. The van der Waals surface area contributed by atoms with Gasteiger partial charge >= 0.3 is 0 Å². The number of hydrogen-bond acceptors (Lipinski definition) is 2. The molecule has 0 aliphatic carbocycles. The normalized spacial score (nSPS) is 14.7. The van der Waals surface area contributed by atoms with Crippen LogP contribution in [-0.4, -0.2) is 23.7 Å². The van der Waals surface area contributed by atoms with Gasteiger partial charge in [0, 0.05) is 19.4 Å². The van der Waals surface area contributed by atoms with Crippen LogP contribution in [0.5, 0.6) is 0 Å². The van der Waals surface area contributed by atoms with E-state index in [1.807, 2.05) is 30.3 Å². The summed E-state index contributed by atoms with van der Waals surface area (Å²) in [6.45, 7) is 8.80. The van der Waals surface area contributed by atoms with Crippen LogP contribution in [0.1, 0.15) is 39.7 Å². The molecule has 1 rings (SSSR count). The average molecular weight is 277 g/mol. The van der Waals surface area contributed by atoms with Crippen molar-refractivity contribution in [3.63, 3.8) is 0 Å². The van der Waals surface area contributed by atoms with E-state index in [2.05, 4.69) is 33.0 Å². The summed E-state index contributed by atoms with van der Waals surface area (Å²) in [5.74, 6) is 0.327. The minimum Gasteiger partial charge on any atom is -0.391 e. The van der Waals surface area contributed by atoms with Crippen molar-refractivity contribution in [1.82, 2.24) is 5.32 Å². The van der Waals surface area contributed by atoms with Crippen molar-refractivity contribution in [1.29, 1.82) is 0 Å². The molecule has 2 atom stereocenters. The maximum Gasteiger partial charge on any atom is 0.220 e. The first kappa shape index (κ1) is 16.7. The molecule has 0 spiro atoms. The van der Waals surface area contributed by atoms with Crippen LogP contribution in [0.15, 0.2) is 30.3 Å². The lowest BCUT2D eigenvalue weighted by molar-refractivity contribution is -0.123. The van der Waals surface area contributed by atoms with Gasteiger partial charge in [0.05, 0.1) is 6.10 Å². The predicted octanol–water partition coefficient (Wildman–Crippen LogP) is 2.78. The molecule has 0 fully saturated rings. The first-order valence-corrected chi connectivity index (χ1v) is 7.27. The molecule has 0 bridgehead atoms. The first-order chi connectivity index (χ1) is 9.29. The zero-order valence-electron chi connectivity index (χ0n) is 13.0. The third-order valence-electron chi connectivity index (χ3n) is 3.82. The van der Waals surface area contributed by atoms with Crippen molar-refractivity contribution in [2.24, 2.45) is 11.3 Å². The lowest BCUT2D eigenvalue weighted by Gasteiger charge is -2.26. The van der Waals surface area contributed by atoms with Crippen LogP contribution in [-0.2, 0) is 11.2 Å². The minimum absolute atomic E-state index is 0.0135. The van der Waals surface area contributed by atoms with Gasteiger partial charge in [-0.2, -0.15) is 0 Å². The molecule has 0 aliphatic heterocycles. The van der Waals surface area contributed by atoms with E-state index >= 15 is 0 Å². The van der Waals surface area contributed by atoms with Gasteiger partial charge in [0.1, 0.15) is 0 Å². The number of aliphatic hydroxyl groups excluding tert-OH is 1. The molecular formula is C17H27NO2. The third-order valence-corrected chi connectivity index (χ3v) is 3.82. The lowest BCUT2D eigenvalue weighted by atomic mass is 9.80. The van der Waals surface area contributed by atoms with Gasteiger partial charge in [-0.05, 0) is 16.9 Å². The maximum atomic E-state index is 11.8. The van der Waals surface area contributed by atoms with Gasteiger partial charge in [0.2, 0.25) is 5.91 Å². The molecule has 0 saturated heterocycles. The number of amides is 1. The smallest absolute Gasteiger partial charge is 0.220 e. The molecule has 0 aliphatic rings. The van der Waals surface area contributed by atoms with Gasteiger partial charge in [-0.25, -0.2) is 0 Å². The minimum atomic E-state index is -0.536. The number of nitrogens with one attached hydrogen (secondary N) is 1. The number of hydrogen-bond donors (Lipinski definition) is 2. The van der Waals surface area contributed by atoms with Crippen LogP contribution in [0.3, 0.4) is 0 Å². The van der Waals surface area contributed by atoms with Crippen molar-refractivity contribution >= 4 is 5.91 Å². The van der Waals surface area contributed by atoms with E-state index in [1.165, 1.54) is 0 Å². The Bertz CT molecular complexity index is 409. The molecule has 2 unspecified atom stereocenters. The second-order valence-corrected chi connectivity index (χ2v) is 6.62. The summed E-state index contributed by atoms with van der Waals surface area (Å²) in [5, 5.41) is 12.7. The van der Waals surface area contributed by atoms with Crippen LogP contribution in [0.2, 0.25) is 0 Å². The molecule has 112 valence electrons. The predicted molar refractivity (Wildman–Crippen MR) is 82.4 cm³/mol. The molecular weight excluding hydrogens is 250 g/mol.